The highest BCUT2D eigenvalue weighted by molar-refractivity contribution is 5.90. The summed E-state index contributed by atoms with van der Waals surface area (Å²) < 4.78 is 27.9. The highest BCUT2D eigenvalue weighted by atomic mass is 19.1. The average molecular weight is 469 g/mol. The molecule has 2 aliphatic rings. The van der Waals surface area contributed by atoms with E-state index in [0.717, 1.165) is 10.9 Å². The molecule has 0 radical (unpaired) electrons. The van der Waals surface area contributed by atoms with E-state index in [-0.39, 0.29) is 30.0 Å². The van der Waals surface area contributed by atoms with E-state index in [0.29, 0.717) is 43.7 Å². The fraction of sp³-hybridized carbons (Fsp3) is 0.360. The number of rotatable bonds is 2. The first-order valence-corrected chi connectivity index (χ1v) is 11.3. The van der Waals surface area contributed by atoms with E-state index in [4.69, 9.17) is 0 Å². The first-order chi connectivity index (χ1) is 16.3. The number of amides is 3. The van der Waals surface area contributed by atoms with Crippen molar-refractivity contribution in [3.63, 3.8) is 0 Å². The van der Waals surface area contributed by atoms with E-state index in [1.807, 2.05) is 0 Å². The van der Waals surface area contributed by atoms with Crippen LogP contribution >= 0.6 is 0 Å². The third kappa shape index (κ3) is 3.60. The van der Waals surface area contributed by atoms with Crippen molar-refractivity contribution in [2.45, 2.75) is 31.2 Å². The van der Waals surface area contributed by atoms with Crippen molar-refractivity contribution in [3.05, 3.63) is 65.4 Å². The number of likely N-dealkylation sites (tertiary alicyclic amines) is 1. The maximum atomic E-state index is 14.0. The number of aliphatic hydroxyl groups is 1. The molecule has 34 heavy (non-hydrogen) atoms. The number of para-hydroxylation sites is 1. The molecular weight excluding hydrogens is 442 g/mol. The average Bonchev–Trinajstić information content (AvgIpc) is 3.20. The van der Waals surface area contributed by atoms with Gasteiger partial charge in [-0.3, -0.25) is 4.79 Å². The minimum atomic E-state index is -0.545. The van der Waals surface area contributed by atoms with Crippen LogP contribution < -0.4 is 5.32 Å². The van der Waals surface area contributed by atoms with Crippen LogP contribution in [0.15, 0.2) is 42.5 Å². The molecule has 3 amide bonds. The fourth-order valence-electron chi connectivity index (χ4n) is 5.51. The van der Waals surface area contributed by atoms with Crippen LogP contribution in [0, 0.1) is 11.6 Å². The second kappa shape index (κ2) is 8.39. The summed E-state index contributed by atoms with van der Waals surface area (Å²) in [6.45, 7) is 2.43. The molecule has 3 N–H and O–H groups in total. The molecule has 2 aliphatic heterocycles. The molecular formula is C25H26F2N4O3. The monoisotopic (exact) mass is 468 g/mol. The van der Waals surface area contributed by atoms with Crippen molar-refractivity contribution in [1.82, 2.24) is 14.8 Å². The smallest absolute Gasteiger partial charge is 0.321 e. The van der Waals surface area contributed by atoms with Crippen molar-refractivity contribution in [2.24, 2.45) is 0 Å². The highest BCUT2D eigenvalue weighted by Crippen LogP contribution is 2.48. The highest BCUT2D eigenvalue weighted by Gasteiger charge is 2.48. The van der Waals surface area contributed by atoms with Crippen molar-refractivity contribution < 1.29 is 23.5 Å². The molecule has 1 fully saturated rings. The normalized spacial score (nSPS) is 19.4. The summed E-state index contributed by atoms with van der Waals surface area (Å²) in [5.41, 5.74) is 1.98. The molecule has 5 rings (SSSR count). The van der Waals surface area contributed by atoms with Gasteiger partial charge in [0.25, 0.3) is 0 Å². The second-order valence-corrected chi connectivity index (χ2v) is 9.13. The quantitative estimate of drug-likeness (QED) is 0.533. The molecule has 3 aromatic rings. The van der Waals surface area contributed by atoms with E-state index < -0.39 is 17.3 Å². The van der Waals surface area contributed by atoms with Gasteiger partial charge in [-0.15, -0.1) is 0 Å². The van der Waals surface area contributed by atoms with Crippen molar-refractivity contribution in [2.75, 3.05) is 31.6 Å². The number of hydrogen-bond acceptors (Lipinski definition) is 3. The van der Waals surface area contributed by atoms with Crippen molar-refractivity contribution >= 4 is 28.5 Å². The summed E-state index contributed by atoms with van der Waals surface area (Å²) in [6.07, 6.45) is 1.13. The van der Waals surface area contributed by atoms with Gasteiger partial charge in [0.1, 0.15) is 11.6 Å². The van der Waals surface area contributed by atoms with Gasteiger partial charge in [-0.2, -0.15) is 0 Å². The maximum absolute atomic E-state index is 14.0. The molecule has 9 heteroatoms. The first kappa shape index (κ1) is 22.3. The van der Waals surface area contributed by atoms with Crippen LogP contribution in [-0.4, -0.2) is 58.1 Å². The topological polar surface area (TPSA) is 88.7 Å². The number of benzene rings is 2. The van der Waals surface area contributed by atoms with Crippen molar-refractivity contribution in [1.29, 1.82) is 0 Å². The number of aromatic nitrogens is 1. The minimum absolute atomic E-state index is 0.125. The van der Waals surface area contributed by atoms with E-state index in [1.54, 1.807) is 28.0 Å². The molecule has 0 saturated carbocycles. The molecule has 7 nitrogen and oxygen atoms in total. The standard InChI is InChI=1S/C25H26F2N4O3/c1-15(33)31-14-25(22-17-7-6-16(26)12-20(17)28-23(22)21(31)13-32)8-10-30(11-9-25)24(34)29-19-5-3-2-4-18(19)27/h2-7,12,21,28,32H,8-11,13-14H2,1H3,(H,29,34)/t21-/m1/s1. The number of aliphatic hydroxyl groups excluding tert-OH is 1. The Morgan fingerprint density at radius 3 is 2.59 bits per heavy atom. The van der Waals surface area contributed by atoms with Crippen molar-refractivity contribution in [3.8, 4) is 0 Å². The molecule has 1 aromatic heterocycles. The van der Waals surface area contributed by atoms with Gasteiger partial charge in [-0.05, 0) is 48.7 Å². The predicted molar refractivity (Wildman–Crippen MR) is 123 cm³/mol. The number of urea groups is 1. The number of anilines is 1. The Hall–Kier alpha value is -3.46. The van der Waals surface area contributed by atoms with E-state index in [1.165, 1.54) is 31.2 Å². The summed E-state index contributed by atoms with van der Waals surface area (Å²) in [6, 6.07) is 9.65. The minimum Gasteiger partial charge on any atom is -0.394 e. The van der Waals surface area contributed by atoms with Crippen LogP contribution in [0.3, 0.4) is 0 Å². The zero-order valence-electron chi connectivity index (χ0n) is 18.8. The third-order valence-corrected chi connectivity index (χ3v) is 7.20. The first-order valence-electron chi connectivity index (χ1n) is 11.3. The number of piperidine rings is 1. The Morgan fingerprint density at radius 1 is 1.18 bits per heavy atom. The summed E-state index contributed by atoms with van der Waals surface area (Å²) >= 11 is 0. The van der Waals surface area contributed by atoms with Crippen LogP contribution in [0.5, 0.6) is 0 Å². The lowest BCUT2D eigenvalue weighted by Crippen LogP contribution is -2.55. The van der Waals surface area contributed by atoms with E-state index in [9.17, 15) is 23.5 Å². The SMILES string of the molecule is CC(=O)N1CC2(CCN(C(=O)Nc3ccccc3F)CC2)c2c([nH]c3cc(F)ccc23)[C@H]1CO. The van der Waals surface area contributed by atoms with Gasteiger partial charge >= 0.3 is 6.03 Å². The Bertz CT molecular complexity index is 1270. The number of aromatic amines is 1. The van der Waals surface area contributed by atoms with Gasteiger partial charge in [-0.25, -0.2) is 13.6 Å². The van der Waals surface area contributed by atoms with E-state index >= 15 is 0 Å². The van der Waals surface area contributed by atoms with Crippen LogP contribution in [-0.2, 0) is 10.2 Å². The number of hydrogen-bond donors (Lipinski definition) is 3. The number of nitrogens with zero attached hydrogens (tertiary/aromatic N) is 2. The van der Waals surface area contributed by atoms with Gasteiger partial charge in [0, 0.05) is 48.6 Å². The van der Waals surface area contributed by atoms with Gasteiger partial charge in [0.2, 0.25) is 5.91 Å². The molecule has 0 bridgehead atoms. The molecule has 0 unspecified atom stereocenters. The predicted octanol–water partition coefficient (Wildman–Crippen LogP) is 3.91. The molecule has 1 saturated heterocycles. The fourth-order valence-corrected chi connectivity index (χ4v) is 5.51. The Labute approximate surface area is 195 Å². The molecule has 1 spiro atoms. The van der Waals surface area contributed by atoms with Crippen LogP contribution in [0.1, 0.15) is 37.1 Å². The van der Waals surface area contributed by atoms with Gasteiger partial charge in [0.15, 0.2) is 0 Å². The molecule has 2 aromatic carbocycles. The molecule has 3 heterocycles. The Morgan fingerprint density at radius 2 is 1.91 bits per heavy atom. The van der Waals surface area contributed by atoms with Crippen LogP contribution in [0.4, 0.5) is 19.3 Å². The zero-order chi connectivity index (χ0) is 24.0. The zero-order valence-corrected chi connectivity index (χ0v) is 18.8. The summed E-state index contributed by atoms with van der Waals surface area (Å²) in [5, 5.41) is 13.6. The maximum Gasteiger partial charge on any atom is 0.321 e. The number of H-pyrrole nitrogens is 1. The summed E-state index contributed by atoms with van der Waals surface area (Å²) in [7, 11) is 0. The van der Waals surface area contributed by atoms with Crippen LogP contribution in [0.2, 0.25) is 0 Å². The Balaban J connectivity index is 1.47. The molecule has 1 atom stereocenters. The second-order valence-electron chi connectivity index (χ2n) is 9.13. The van der Waals surface area contributed by atoms with Crippen LogP contribution in [0.25, 0.3) is 10.9 Å². The lowest BCUT2D eigenvalue weighted by Gasteiger charge is -2.50. The molecule has 0 aliphatic carbocycles. The van der Waals surface area contributed by atoms with E-state index in [2.05, 4.69) is 10.3 Å². The number of nitrogens with one attached hydrogen (secondary N) is 2. The largest absolute Gasteiger partial charge is 0.394 e. The number of carbonyl (C=O) groups excluding carboxylic acids is 2. The summed E-state index contributed by atoms with van der Waals surface area (Å²) in [4.78, 5) is 31.9. The lowest BCUT2D eigenvalue weighted by molar-refractivity contribution is -0.134. The number of carbonyl (C=O) groups is 2. The van der Waals surface area contributed by atoms with Gasteiger partial charge < -0.3 is 25.2 Å². The number of fused-ring (bicyclic) bond motifs is 4. The van der Waals surface area contributed by atoms with Gasteiger partial charge in [0.05, 0.1) is 18.3 Å². The summed E-state index contributed by atoms with van der Waals surface area (Å²) in [5.74, 6) is -1.03. The number of halogens is 2. The molecule has 178 valence electrons. The van der Waals surface area contributed by atoms with Gasteiger partial charge in [-0.1, -0.05) is 12.1 Å². The third-order valence-electron chi connectivity index (χ3n) is 7.20. The Kier molecular flexibility index (Phi) is 5.51. The lowest BCUT2D eigenvalue weighted by atomic mass is 9.68.